The minimum atomic E-state index is 0.709. The van der Waals surface area contributed by atoms with Crippen molar-refractivity contribution >= 4 is 15.9 Å². The summed E-state index contributed by atoms with van der Waals surface area (Å²) in [7, 11) is 0. The van der Waals surface area contributed by atoms with Gasteiger partial charge in [-0.15, -0.1) is 0 Å². The van der Waals surface area contributed by atoms with Gasteiger partial charge in [0, 0.05) is 12.0 Å². The Labute approximate surface area is 91.1 Å². The van der Waals surface area contributed by atoms with E-state index in [2.05, 4.69) is 20.9 Å². The van der Waals surface area contributed by atoms with Crippen molar-refractivity contribution in [3.63, 3.8) is 0 Å². The van der Waals surface area contributed by atoms with Crippen molar-refractivity contribution in [3.05, 3.63) is 40.9 Å². The Bertz CT molecular complexity index is 422. The highest BCUT2D eigenvalue weighted by Gasteiger charge is 2.10. The molecule has 2 aromatic rings. The lowest BCUT2D eigenvalue weighted by molar-refractivity contribution is 0.482. The van der Waals surface area contributed by atoms with Gasteiger partial charge < -0.3 is 4.42 Å². The zero-order valence-electron chi connectivity index (χ0n) is 7.83. The molecule has 0 aliphatic rings. The number of hydrogen-bond donors (Lipinski definition) is 0. The highest BCUT2D eigenvalue weighted by molar-refractivity contribution is 9.10. The summed E-state index contributed by atoms with van der Waals surface area (Å²) >= 11 is 3.37. The lowest BCUT2D eigenvalue weighted by Crippen LogP contribution is -1.80. The van der Waals surface area contributed by atoms with Crippen LogP contribution >= 0.6 is 15.9 Å². The maximum atomic E-state index is 5.42. The van der Waals surface area contributed by atoms with E-state index in [-0.39, 0.29) is 0 Å². The molecule has 2 rings (SSSR count). The van der Waals surface area contributed by atoms with Crippen LogP contribution in [0.15, 0.2) is 39.4 Å². The van der Waals surface area contributed by atoms with Crippen molar-refractivity contribution in [1.82, 2.24) is 4.98 Å². The third kappa shape index (κ3) is 1.73. The number of oxazole rings is 1. The van der Waals surface area contributed by atoms with Gasteiger partial charge in [0.2, 0.25) is 0 Å². The van der Waals surface area contributed by atoms with E-state index in [0.29, 0.717) is 4.67 Å². The molecule has 0 aliphatic carbocycles. The van der Waals surface area contributed by atoms with Gasteiger partial charge in [-0.3, -0.25) is 0 Å². The van der Waals surface area contributed by atoms with E-state index in [1.807, 2.05) is 37.3 Å². The fourth-order valence-electron chi connectivity index (χ4n) is 1.27. The predicted molar refractivity (Wildman–Crippen MR) is 59.0 cm³/mol. The summed E-state index contributed by atoms with van der Waals surface area (Å²) in [4.78, 5) is 4.38. The molecule has 0 radical (unpaired) electrons. The molecule has 0 N–H and O–H groups in total. The maximum Gasteiger partial charge on any atom is 0.197 e. The molecule has 1 aromatic heterocycles. The van der Waals surface area contributed by atoms with Crippen LogP contribution in [0.2, 0.25) is 0 Å². The lowest BCUT2D eigenvalue weighted by atomic mass is 10.2. The van der Waals surface area contributed by atoms with Gasteiger partial charge in [0.25, 0.3) is 0 Å². The summed E-state index contributed by atoms with van der Waals surface area (Å²) in [6.07, 6.45) is 0.811. The highest BCUT2D eigenvalue weighted by Crippen LogP contribution is 2.28. The number of aryl methyl sites for hydroxylation is 1. The molecule has 14 heavy (non-hydrogen) atoms. The van der Waals surface area contributed by atoms with Gasteiger partial charge in [0.15, 0.2) is 10.6 Å². The normalized spacial score (nSPS) is 10.4. The summed E-state index contributed by atoms with van der Waals surface area (Å²) in [6, 6.07) is 9.99. The van der Waals surface area contributed by atoms with Crippen LogP contribution in [0.4, 0.5) is 0 Å². The first-order valence-corrected chi connectivity index (χ1v) is 5.31. The Hall–Kier alpha value is -1.09. The molecule has 0 saturated heterocycles. The Morgan fingerprint density at radius 3 is 2.57 bits per heavy atom. The summed E-state index contributed by atoms with van der Waals surface area (Å²) in [5.74, 6) is 0.760. The number of rotatable bonds is 2. The minimum absolute atomic E-state index is 0.709. The molecule has 0 saturated carbocycles. The molecular weight excluding hydrogens is 242 g/mol. The lowest BCUT2D eigenvalue weighted by Gasteiger charge is -1.93. The van der Waals surface area contributed by atoms with Gasteiger partial charge in [0.05, 0.1) is 0 Å². The summed E-state index contributed by atoms with van der Waals surface area (Å²) < 4.78 is 6.13. The molecule has 1 aromatic carbocycles. The van der Waals surface area contributed by atoms with Crippen LogP contribution in [0.5, 0.6) is 0 Å². The maximum absolute atomic E-state index is 5.42. The molecule has 0 unspecified atom stereocenters. The van der Waals surface area contributed by atoms with Crippen molar-refractivity contribution in [1.29, 1.82) is 0 Å². The van der Waals surface area contributed by atoms with E-state index in [0.717, 1.165) is 23.6 Å². The van der Waals surface area contributed by atoms with E-state index in [4.69, 9.17) is 4.42 Å². The minimum Gasteiger partial charge on any atom is -0.433 e. The van der Waals surface area contributed by atoms with Crippen LogP contribution in [-0.2, 0) is 6.42 Å². The number of aromatic nitrogens is 1. The number of hydrogen-bond acceptors (Lipinski definition) is 2. The topological polar surface area (TPSA) is 26.0 Å². The Morgan fingerprint density at radius 2 is 2.00 bits per heavy atom. The average Bonchev–Trinajstić information content (AvgIpc) is 2.61. The van der Waals surface area contributed by atoms with Crippen LogP contribution in [-0.4, -0.2) is 4.98 Å². The Kier molecular flexibility index (Phi) is 2.68. The van der Waals surface area contributed by atoms with E-state index in [1.165, 1.54) is 0 Å². The zero-order valence-corrected chi connectivity index (χ0v) is 9.41. The Morgan fingerprint density at radius 1 is 1.29 bits per heavy atom. The smallest absolute Gasteiger partial charge is 0.197 e. The predicted octanol–water partition coefficient (Wildman–Crippen LogP) is 3.67. The van der Waals surface area contributed by atoms with Crippen LogP contribution in [0.25, 0.3) is 11.3 Å². The summed E-state index contributed by atoms with van der Waals surface area (Å²) in [6.45, 7) is 2.02. The van der Waals surface area contributed by atoms with E-state index in [1.54, 1.807) is 0 Å². The SMILES string of the molecule is CCc1nc(-c2ccccc2)c(Br)o1. The van der Waals surface area contributed by atoms with Gasteiger partial charge in [-0.2, -0.15) is 0 Å². The van der Waals surface area contributed by atoms with E-state index >= 15 is 0 Å². The molecule has 0 atom stereocenters. The van der Waals surface area contributed by atoms with Crippen molar-refractivity contribution in [2.45, 2.75) is 13.3 Å². The molecular formula is C11H10BrNO. The van der Waals surface area contributed by atoms with Gasteiger partial charge >= 0.3 is 0 Å². The molecule has 2 nitrogen and oxygen atoms in total. The molecule has 0 fully saturated rings. The standard InChI is InChI=1S/C11H10BrNO/c1-2-9-13-10(11(12)14-9)8-6-4-3-5-7-8/h3-7H,2H2,1H3. The second kappa shape index (κ2) is 3.96. The van der Waals surface area contributed by atoms with Crippen LogP contribution in [0, 0.1) is 0 Å². The van der Waals surface area contributed by atoms with Gasteiger partial charge in [0.1, 0.15) is 5.69 Å². The largest absolute Gasteiger partial charge is 0.433 e. The molecule has 3 heteroatoms. The first kappa shape index (κ1) is 9.46. The second-order valence-electron chi connectivity index (χ2n) is 2.95. The fraction of sp³-hybridized carbons (Fsp3) is 0.182. The van der Waals surface area contributed by atoms with Crippen molar-refractivity contribution in [2.24, 2.45) is 0 Å². The summed E-state index contributed by atoms with van der Waals surface area (Å²) in [5, 5.41) is 0. The van der Waals surface area contributed by atoms with Gasteiger partial charge in [-0.25, -0.2) is 4.98 Å². The monoisotopic (exact) mass is 251 g/mol. The highest BCUT2D eigenvalue weighted by atomic mass is 79.9. The molecule has 0 bridgehead atoms. The molecule has 0 amide bonds. The summed E-state index contributed by atoms with van der Waals surface area (Å²) in [5.41, 5.74) is 1.95. The van der Waals surface area contributed by atoms with Crippen molar-refractivity contribution < 1.29 is 4.42 Å². The molecule has 0 spiro atoms. The first-order chi connectivity index (χ1) is 6.81. The van der Waals surface area contributed by atoms with Crippen LogP contribution in [0.3, 0.4) is 0 Å². The third-order valence-electron chi connectivity index (χ3n) is 1.98. The van der Waals surface area contributed by atoms with Crippen LogP contribution in [0.1, 0.15) is 12.8 Å². The van der Waals surface area contributed by atoms with Crippen LogP contribution < -0.4 is 0 Å². The van der Waals surface area contributed by atoms with E-state index < -0.39 is 0 Å². The quantitative estimate of drug-likeness (QED) is 0.815. The molecule has 1 heterocycles. The fourth-order valence-corrected chi connectivity index (χ4v) is 1.77. The number of nitrogens with zero attached hydrogens (tertiary/aromatic N) is 1. The van der Waals surface area contributed by atoms with Crippen molar-refractivity contribution in [3.8, 4) is 11.3 Å². The second-order valence-corrected chi connectivity index (χ2v) is 3.67. The Balaban J connectivity index is 2.46. The molecule has 0 aliphatic heterocycles. The number of halogens is 1. The van der Waals surface area contributed by atoms with Gasteiger partial charge in [-0.1, -0.05) is 37.3 Å². The van der Waals surface area contributed by atoms with Gasteiger partial charge in [-0.05, 0) is 15.9 Å². The first-order valence-electron chi connectivity index (χ1n) is 4.52. The zero-order chi connectivity index (χ0) is 9.97. The molecule has 72 valence electrons. The van der Waals surface area contributed by atoms with Crippen molar-refractivity contribution in [2.75, 3.05) is 0 Å². The third-order valence-corrected chi connectivity index (χ3v) is 2.52. The average molecular weight is 252 g/mol. The van der Waals surface area contributed by atoms with E-state index in [9.17, 15) is 0 Å². The number of benzene rings is 1.